The summed E-state index contributed by atoms with van der Waals surface area (Å²) >= 11 is 0. The topological polar surface area (TPSA) is 86.2 Å². The Morgan fingerprint density at radius 3 is 2.62 bits per heavy atom. The van der Waals surface area contributed by atoms with Gasteiger partial charge in [0.05, 0.1) is 5.39 Å². The van der Waals surface area contributed by atoms with E-state index in [4.69, 9.17) is 9.47 Å². The average molecular weight is 435 g/mol. The highest BCUT2D eigenvalue weighted by Crippen LogP contribution is 2.18. The van der Waals surface area contributed by atoms with Gasteiger partial charge in [0.15, 0.2) is 12.3 Å². The molecule has 0 aliphatic rings. The normalized spacial score (nSPS) is 10.9. The summed E-state index contributed by atoms with van der Waals surface area (Å²) in [5, 5.41) is 3.45. The molecule has 8 heteroatoms. The number of carbonyl (C=O) groups excluding carboxylic acids is 1. The van der Waals surface area contributed by atoms with Crippen LogP contribution in [0.15, 0.2) is 65.6 Å². The molecule has 0 saturated carbocycles. The van der Waals surface area contributed by atoms with Gasteiger partial charge in [0, 0.05) is 18.3 Å². The van der Waals surface area contributed by atoms with Gasteiger partial charge < -0.3 is 9.47 Å². The van der Waals surface area contributed by atoms with Crippen molar-refractivity contribution in [3.8, 4) is 5.75 Å². The van der Waals surface area contributed by atoms with E-state index in [9.17, 15) is 14.0 Å². The molecule has 0 unspecified atom stereocenters. The molecule has 7 nitrogen and oxygen atoms in total. The molecule has 4 aromatic rings. The molecule has 0 aliphatic heterocycles. The lowest BCUT2D eigenvalue weighted by molar-refractivity contribution is -0.147. The standard InChI is InChI=1S/C24H22FN3O4/c1-16-13-26-23-22(24(30)28(27-23)12-11-17-5-3-2-4-6-17)20(16)14-32-21(29)15-31-19-9-7-18(25)8-10-19/h2-10,13H,11-12,14-15H2,1H3,(H,26,27). The number of benzene rings is 2. The van der Waals surface area contributed by atoms with Gasteiger partial charge in [0.2, 0.25) is 0 Å². The first-order chi connectivity index (χ1) is 15.5. The van der Waals surface area contributed by atoms with Crippen LogP contribution in [0, 0.1) is 12.7 Å². The largest absolute Gasteiger partial charge is 0.482 e. The molecule has 0 atom stereocenters. The smallest absolute Gasteiger partial charge is 0.344 e. The lowest BCUT2D eigenvalue weighted by Gasteiger charge is -2.09. The van der Waals surface area contributed by atoms with Gasteiger partial charge in [-0.2, -0.15) is 0 Å². The van der Waals surface area contributed by atoms with Crippen LogP contribution in [0.25, 0.3) is 11.0 Å². The maximum atomic E-state index is 13.0. The van der Waals surface area contributed by atoms with Gasteiger partial charge >= 0.3 is 5.97 Å². The van der Waals surface area contributed by atoms with Crippen molar-refractivity contribution in [1.82, 2.24) is 14.8 Å². The Kier molecular flexibility index (Phi) is 6.30. The minimum absolute atomic E-state index is 0.0811. The van der Waals surface area contributed by atoms with E-state index in [1.807, 2.05) is 37.3 Å². The van der Waals surface area contributed by atoms with Crippen LogP contribution in [0.4, 0.5) is 4.39 Å². The Balaban J connectivity index is 1.45. The van der Waals surface area contributed by atoms with Crippen molar-refractivity contribution in [3.05, 3.63) is 93.7 Å². The molecule has 2 heterocycles. The van der Waals surface area contributed by atoms with Gasteiger partial charge in [-0.1, -0.05) is 30.3 Å². The molecule has 164 valence electrons. The molecule has 0 fully saturated rings. The number of nitrogens with zero attached hydrogens (tertiary/aromatic N) is 2. The van der Waals surface area contributed by atoms with Gasteiger partial charge in [-0.15, -0.1) is 0 Å². The van der Waals surface area contributed by atoms with Gasteiger partial charge in [-0.25, -0.2) is 14.2 Å². The van der Waals surface area contributed by atoms with Crippen LogP contribution in [-0.2, 0) is 29.1 Å². The van der Waals surface area contributed by atoms with E-state index < -0.39 is 11.8 Å². The first-order valence-corrected chi connectivity index (χ1v) is 10.2. The Morgan fingerprint density at radius 2 is 1.88 bits per heavy atom. The van der Waals surface area contributed by atoms with Gasteiger partial charge in [-0.05, 0) is 48.7 Å². The summed E-state index contributed by atoms with van der Waals surface area (Å²) in [6.07, 6.45) is 2.33. The second kappa shape index (κ2) is 9.47. The van der Waals surface area contributed by atoms with Gasteiger partial charge in [-0.3, -0.25) is 14.6 Å². The van der Waals surface area contributed by atoms with Crippen LogP contribution >= 0.6 is 0 Å². The first kappa shape index (κ1) is 21.3. The van der Waals surface area contributed by atoms with Crippen molar-refractivity contribution in [1.29, 1.82) is 0 Å². The third kappa shape index (κ3) is 4.85. The molecule has 0 aliphatic carbocycles. The molecular formula is C24H22FN3O4. The summed E-state index contributed by atoms with van der Waals surface area (Å²) in [6, 6.07) is 15.2. The number of esters is 1. The second-order valence-electron chi connectivity index (χ2n) is 7.35. The number of aryl methyl sites for hydroxylation is 3. The van der Waals surface area contributed by atoms with E-state index in [-0.39, 0.29) is 18.8 Å². The fourth-order valence-corrected chi connectivity index (χ4v) is 3.37. The zero-order valence-electron chi connectivity index (χ0n) is 17.5. The highest BCUT2D eigenvalue weighted by atomic mass is 19.1. The molecule has 2 aromatic heterocycles. The highest BCUT2D eigenvalue weighted by Gasteiger charge is 2.16. The number of pyridine rings is 1. The number of aromatic amines is 1. The molecule has 0 bridgehead atoms. The number of carbonyl (C=O) groups is 1. The molecule has 1 N–H and O–H groups in total. The van der Waals surface area contributed by atoms with Crippen molar-refractivity contribution < 1.29 is 18.7 Å². The van der Waals surface area contributed by atoms with Crippen LogP contribution in [0.3, 0.4) is 0 Å². The maximum absolute atomic E-state index is 13.0. The van der Waals surface area contributed by atoms with Crippen molar-refractivity contribution in [2.45, 2.75) is 26.5 Å². The second-order valence-corrected chi connectivity index (χ2v) is 7.35. The third-order valence-electron chi connectivity index (χ3n) is 5.12. The van der Waals surface area contributed by atoms with E-state index in [2.05, 4.69) is 10.1 Å². The van der Waals surface area contributed by atoms with E-state index >= 15 is 0 Å². The Morgan fingerprint density at radius 1 is 1.12 bits per heavy atom. The maximum Gasteiger partial charge on any atom is 0.344 e. The number of ether oxygens (including phenoxy) is 2. The number of fused-ring (bicyclic) bond motifs is 1. The lowest BCUT2D eigenvalue weighted by atomic mass is 10.1. The molecule has 0 spiro atoms. The summed E-state index contributed by atoms with van der Waals surface area (Å²) in [5.74, 6) is -0.630. The van der Waals surface area contributed by atoms with Crippen LogP contribution in [-0.4, -0.2) is 27.3 Å². The third-order valence-corrected chi connectivity index (χ3v) is 5.12. The zero-order chi connectivity index (χ0) is 22.5. The fraction of sp³-hybridized carbons (Fsp3) is 0.208. The zero-order valence-corrected chi connectivity index (χ0v) is 17.5. The molecule has 2 aromatic carbocycles. The Labute approximate surface area is 183 Å². The minimum atomic E-state index is -0.598. The van der Waals surface area contributed by atoms with E-state index in [0.29, 0.717) is 35.3 Å². The molecule has 0 saturated heterocycles. The molecule has 0 radical (unpaired) electrons. The minimum Gasteiger partial charge on any atom is -0.482 e. The summed E-state index contributed by atoms with van der Waals surface area (Å²) in [6.45, 7) is 1.88. The van der Waals surface area contributed by atoms with E-state index in [1.54, 1.807) is 6.20 Å². The number of rotatable bonds is 8. The lowest BCUT2D eigenvalue weighted by Crippen LogP contribution is -2.19. The van der Waals surface area contributed by atoms with Crippen LogP contribution < -0.4 is 10.3 Å². The van der Waals surface area contributed by atoms with Crippen molar-refractivity contribution in [3.63, 3.8) is 0 Å². The summed E-state index contributed by atoms with van der Waals surface area (Å²) < 4.78 is 25.1. The summed E-state index contributed by atoms with van der Waals surface area (Å²) in [4.78, 5) is 29.4. The van der Waals surface area contributed by atoms with Gasteiger partial charge in [0.25, 0.3) is 5.56 Å². The number of hydrogen-bond donors (Lipinski definition) is 1. The molecule has 4 rings (SSSR count). The SMILES string of the molecule is Cc1cnc2[nH]n(CCc3ccccc3)c(=O)c2c1COC(=O)COc1ccc(F)cc1. The van der Waals surface area contributed by atoms with Crippen molar-refractivity contribution in [2.75, 3.05) is 6.61 Å². The number of H-pyrrole nitrogens is 1. The quantitative estimate of drug-likeness (QED) is 0.428. The Bertz CT molecular complexity index is 1280. The van der Waals surface area contributed by atoms with Gasteiger partial charge in [0.1, 0.15) is 18.2 Å². The van der Waals surface area contributed by atoms with Crippen molar-refractivity contribution in [2.24, 2.45) is 0 Å². The fourth-order valence-electron chi connectivity index (χ4n) is 3.37. The first-order valence-electron chi connectivity index (χ1n) is 10.2. The van der Waals surface area contributed by atoms with Crippen LogP contribution in [0.5, 0.6) is 5.75 Å². The van der Waals surface area contributed by atoms with E-state index in [0.717, 1.165) is 11.1 Å². The molecule has 0 amide bonds. The molecular weight excluding hydrogens is 413 g/mol. The molecule has 32 heavy (non-hydrogen) atoms. The summed E-state index contributed by atoms with van der Waals surface area (Å²) in [5.41, 5.74) is 2.71. The number of hydrogen-bond acceptors (Lipinski definition) is 5. The average Bonchev–Trinajstić information content (AvgIpc) is 3.13. The Hall–Kier alpha value is -3.94. The number of aromatic nitrogens is 3. The predicted octanol–water partition coefficient (Wildman–Crippen LogP) is 3.54. The predicted molar refractivity (Wildman–Crippen MR) is 117 cm³/mol. The van der Waals surface area contributed by atoms with Crippen LogP contribution in [0.2, 0.25) is 0 Å². The number of nitrogens with one attached hydrogen (secondary N) is 1. The van der Waals surface area contributed by atoms with Crippen LogP contribution in [0.1, 0.15) is 16.7 Å². The highest BCUT2D eigenvalue weighted by molar-refractivity contribution is 5.79. The summed E-state index contributed by atoms with van der Waals surface area (Å²) in [7, 11) is 0. The number of halogens is 1. The van der Waals surface area contributed by atoms with Crippen molar-refractivity contribution >= 4 is 17.0 Å². The van der Waals surface area contributed by atoms with E-state index in [1.165, 1.54) is 28.9 Å². The monoisotopic (exact) mass is 435 g/mol.